The minimum absolute atomic E-state index is 0.118. The summed E-state index contributed by atoms with van der Waals surface area (Å²) in [6, 6.07) is 4.33. The van der Waals surface area contributed by atoms with Gasteiger partial charge in [-0.1, -0.05) is 0 Å². The Morgan fingerprint density at radius 2 is 2.28 bits per heavy atom. The van der Waals surface area contributed by atoms with Crippen LogP contribution in [0.1, 0.15) is 12.8 Å². The van der Waals surface area contributed by atoms with Crippen LogP contribution in [-0.2, 0) is 14.8 Å². The number of ether oxygens (including phenoxy) is 1. The summed E-state index contributed by atoms with van der Waals surface area (Å²) in [4.78, 5) is 16.1. The summed E-state index contributed by atoms with van der Waals surface area (Å²) in [6.07, 6.45) is 1.96. The minimum atomic E-state index is -3.62. The van der Waals surface area contributed by atoms with Gasteiger partial charge in [0.1, 0.15) is 0 Å². The molecule has 8 nitrogen and oxygen atoms in total. The van der Waals surface area contributed by atoms with Crippen LogP contribution < -0.4 is 10.5 Å². The summed E-state index contributed by atoms with van der Waals surface area (Å²) in [6.45, 7) is 4.00. The predicted octanol–water partition coefficient (Wildman–Crippen LogP) is 0.758. The Hall–Kier alpha value is -1.68. The zero-order valence-electron chi connectivity index (χ0n) is 14.2. The number of fused-ring (bicyclic) bond motifs is 1. The van der Waals surface area contributed by atoms with E-state index in [2.05, 4.69) is 14.6 Å². The van der Waals surface area contributed by atoms with Crippen LogP contribution in [0.5, 0.6) is 0 Å². The van der Waals surface area contributed by atoms with Crippen molar-refractivity contribution < 1.29 is 17.6 Å². The monoisotopic (exact) mass is 369 g/mol. The van der Waals surface area contributed by atoms with Crippen molar-refractivity contribution in [2.24, 2.45) is 5.92 Å². The van der Waals surface area contributed by atoms with Crippen LogP contribution in [0.4, 0.5) is 0 Å². The van der Waals surface area contributed by atoms with Gasteiger partial charge in [-0.2, -0.15) is 0 Å². The average Bonchev–Trinajstić information content (AvgIpc) is 3.17. The summed E-state index contributed by atoms with van der Waals surface area (Å²) >= 11 is 0. The molecule has 0 amide bonds. The van der Waals surface area contributed by atoms with Crippen molar-refractivity contribution in [2.75, 3.05) is 39.9 Å². The number of nitrogens with zero attached hydrogens (tertiary/aromatic N) is 1. The lowest BCUT2D eigenvalue weighted by Gasteiger charge is -2.16. The standard InChI is InChI=1S/C16H23N3O5S/c1-23-8-2-6-19-7-5-12(11-19)10-17-25(21,22)13-3-4-15-14(9-13)18-16(20)24-15/h3-4,9,12,17H,2,5-8,10-11H2,1H3,(H,18,20)/t12-/m0/s1. The van der Waals surface area contributed by atoms with Crippen molar-refractivity contribution in [3.63, 3.8) is 0 Å². The summed E-state index contributed by atoms with van der Waals surface area (Å²) in [5.74, 6) is -0.299. The number of H-pyrrole nitrogens is 1. The molecule has 25 heavy (non-hydrogen) atoms. The van der Waals surface area contributed by atoms with Gasteiger partial charge in [-0.3, -0.25) is 4.98 Å². The SMILES string of the molecule is COCCCN1CC[C@@H](CNS(=O)(=O)c2ccc3oc(=O)[nH]c3c2)C1. The highest BCUT2D eigenvalue weighted by atomic mass is 32.2. The van der Waals surface area contributed by atoms with Crippen LogP contribution in [0.3, 0.4) is 0 Å². The fourth-order valence-corrected chi connectivity index (χ4v) is 4.27. The molecule has 0 radical (unpaired) electrons. The van der Waals surface area contributed by atoms with Gasteiger partial charge in [-0.05, 0) is 43.5 Å². The second-order valence-corrected chi connectivity index (χ2v) is 8.09. The van der Waals surface area contributed by atoms with E-state index in [1.165, 1.54) is 18.2 Å². The van der Waals surface area contributed by atoms with Gasteiger partial charge in [-0.15, -0.1) is 0 Å². The van der Waals surface area contributed by atoms with Gasteiger partial charge < -0.3 is 14.1 Å². The third-order valence-electron chi connectivity index (χ3n) is 4.46. The molecule has 2 heterocycles. The summed E-state index contributed by atoms with van der Waals surface area (Å²) in [5.41, 5.74) is 0.713. The fraction of sp³-hybridized carbons (Fsp3) is 0.562. The van der Waals surface area contributed by atoms with Crippen molar-refractivity contribution in [1.82, 2.24) is 14.6 Å². The molecule has 0 bridgehead atoms. The maximum atomic E-state index is 12.5. The molecule has 1 aromatic carbocycles. The number of methoxy groups -OCH3 is 1. The molecular weight excluding hydrogens is 346 g/mol. The smallest absolute Gasteiger partial charge is 0.408 e. The van der Waals surface area contributed by atoms with Crippen molar-refractivity contribution >= 4 is 21.1 Å². The lowest BCUT2D eigenvalue weighted by Crippen LogP contribution is -2.31. The van der Waals surface area contributed by atoms with E-state index in [0.717, 1.165) is 39.1 Å². The number of hydrogen-bond donors (Lipinski definition) is 2. The van der Waals surface area contributed by atoms with E-state index in [1.54, 1.807) is 7.11 Å². The van der Waals surface area contributed by atoms with Crippen molar-refractivity contribution in [3.8, 4) is 0 Å². The first kappa shape index (κ1) is 18.1. The zero-order valence-corrected chi connectivity index (χ0v) is 15.0. The molecule has 9 heteroatoms. The van der Waals surface area contributed by atoms with E-state index >= 15 is 0 Å². The Labute approximate surface area is 146 Å². The molecule has 3 rings (SSSR count). The first-order valence-electron chi connectivity index (χ1n) is 8.32. The molecule has 1 aliphatic heterocycles. The first-order chi connectivity index (χ1) is 12.0. The van der Waals surface area contributed by atoms with Crippen molar-refractivity contribution in [3.05, 3.63) is 28.7 Å². The van der Waals surface area contributed by atoms with E-state index in [-0.39, 0.29) is 4.90 Å². The molecule has 1 fully saturated rings. The molecule has 1 saturated heterocycles. The topological polar surface area (TPSA) is 105 Å². The quantitative estimate of drug-likeness (QED) is 0.666. The van der Waals surface area contributed by atoms with Gasteiger partial charge in [-0.25, -0.2) is 17.9 Å². The third kappa shape index (κ3) is 4.49. The molecule has 138 valence electrons. The summed E-state index contributed by atoms with van der Waals surface area (Å²) in [7, 11) is -1.93. The number of likely N-dealkylation sites (tertiary alicyclic amines) is 1. The van der Waals surface area contributed by atoms with Crippen LogP contribution in [0.25, 0.3) is 11.1 Å². The van der Waals surface area contributed by atoms with E-state index in [9.17, 15) is 13.2 Å². The van der Waals surface area contributed by atoms with Crippen molar-refractivity contribution in [2.45, 2.75) is 17.7 Å². The number of oxazole rings is 1. The minimum Gasteiger partial charge on any atom is -0.408 e. The van der Waals surface area contributed by atoms with Crippen LogP contribution >= 0.6 is 0 Å². The van der Waals surface area contributed by atoms with Crippen LogP contribution in [0, 0.1) is 5.92 Å². The number of hydrogen-bond acceptors (Lipinski definition) is 6. The van der Waals surface area contributed by atoms with E-state index < -0.39 is 15.8 Å². The van der Waals surface area contributed by atoms with Crippen LogP contribution in [0.2, 0.25) is 0 Å². The third-order valence-corrected chi connectivity index (χ3v) is 5.88. The number of aromatic nitrogens is 1. The maximum Gasteiger partial charge on any atom is 0.417 e. The second-order valence-electron chi connectivity index (χ2n) is 6.33. The van der Waals surface area contributed by atoms with Gasteiger partial charge >= 0.3 is 5.76 Å². The van der Waals surface area contributed by atoms with Gasteiger partial charge in [0.15, 0.2) is 5.58 Å². The molecule has 0 aliphatic carbocycles. The number of benzene rings is 1. The van der Waals surface area contributed by atoms with E-state index in [0.29, 0.717) is 23.6 Å². The van der Waals surface area contributed by atoms with Gasteiger partial charge in [0.25, 0.3) is 0 Å². The Kier molecular flexibility index (Phi) is 5.57. The molecule has 1 atom stereocenters. The predicted molar refractivity (Wildman–Crippen MR) is 93.1 cm³/mol. The van der Waals surface area contributed by atoms with E-state index in [1.807, 2.05) is 0 Å². The molecule has 0 spiro atoms. The lowest BCUT2D eigenvalue weighted by atomic mass is 10.1. The van der Waals surface area contributed by atoms with E-state index in [4.69, 9.17) is 9.15 Å². The normalized spacial score (nSPS) is 19.0. The van der Waals surface area contributed by atoms with Crippen molar-refractivity contribution in [1.29, 1.82) is 0 Å². The number of nitrogens with one attached hydrogen (secondary N) is 2. The van der Waals surface area contributed by atoms with Gasteiger partial charge in [0.05, 0.1) is 10.4 Å². The number of rotatable bonds is 8. The first-order valence-corrected chi connectivity index (χ1v) is 9.80. The summed E-state index contributed by atoms with van der Waals surface area (Å²) in [5, 5.41) is 0. The Morgan fingerprint density at radius 1 is 1.44 bits per heavy atom. The lowest BCUT2D eigenvalue weighted by molar-refractivity contribution is 0.178. The Balaban J connectivity index is 1.57. The fourth-order valence-electron chi connectivity index (χ4n) is 3.12. The Morgan fingerprint density at radius 3 is 3.08 bits per heavy atom. The van der Waals surface area contributed by atoms with Crippen LogP contribution in [0.15, 0.2) is 32.3 Å². The number of sulfonamides is 1. The molecule has 2 aromatic rings. The molecular formula is C16H23N3O5S. The summed E-state index contributed by atoms with van der Waals surface area (Å²) < 4.78 is 37.6. The van der Waals surface area contributed by atoms with Crippen LogP contribution in [-0.4, -0.2) is 58.2 Å². The molecule has 1 aromatic heterocycles. The molecule has 0 unspecified atom stereocenters. The average molecular weight is 369 g/mol. The second kappa shape index (κ2) is 7.69. The van der Waals surface area contributed by atoms with Gasteiger partial charge in [0, 0.05) is 33.4 Å². The maximum absolute atomic E-state index is 12.5. The molecule has 0 saturated carbocycles. The highest BCUT2D eigenvalue weighted by molar-refractivity contribution is 7.89. The Bertz CT molecular complexity index is 873. The molecule has 1 aliphatic rings. The zero-order chi connectivity index (χ0) is 17.9. The number of aromatic amines is 1. The highest BCUT2D eigenvalue weighted by Crippen LogP contribution is 2.19. The van der Waals surface area contributed by atoms with Gasteiger partial charge in [0.2, 0.25) is 10.0 Å². The highest BCUT2D eigenvalue weighted by Gasteiger charge is 2.24. The molecule has 2 N–H and O–H groups in total. The largest absolute Gasteiger partial charge is 0.417 e.